The van der Waals surface area contributed by atoms with E-state index >= 15 is 0 Å². The first-order chi connectivity index (χ1) is 14.6. The lowest BCUT2D eigenvalue weighted by Gasteiger charge is -2.14. The van der Waals surface area contributed by atoms with Gasteiger partial charge >= 0.3 is 0 Å². The van der Waals surface area contributed by atoms with Crippen molar-refractivity contribution in [3.8, 4) is 0 Å². The van der Waals surface area contributed by atoms with E-state index in [1.165, 1.54) is 12.1 Å². The highest BCUT2D eigenvalue weighted by Gasteiger charge is 2.20. The SMILES string of the molecule is CC(C)OCCCNS(=O)(=O)c1ccc(NCCNc2ccccn2)c(S(N)(=O)=O)c1. The molecule has 1 aromatic carbocycles. The average molecular weight is 472 g/mol. The van der Waals surface area contributed by atoms with Crippen LogP contribution in [0, 0.1) is 0 Å². The van der Waals surface area contributed by atoms with Crippen LogP contribution < -0.4 is 20.5 Å². The monoisotopic (exact) mass is 471 g/mol. The quantitative estimate of drug-likeness (QED) is 0.319. The van der Waals surface area contributed by atoms with Crippen molar-refractivity contribution < 1.29 is 21.6 Å². The zero-order valence-corrected chi connectivity index (χ0v) is 19.2. The molecule has 0 aliphatic carbocycles. The van der Waals surface area contributed by atoms with Crippen LogP contribution >= 0.6 is 0 Å². The second kappa shape index (κ2) is 11.4. The highest BCUT2D eigenvalue weighted by atomic mass is 32.2. The van der Waals surface area contributed by atoms with Crippen LogP contribution in [0.3, 0.4) is 0 Å². The first kappa shape index (κ1) is 25.0. The fourth-order valence-corrected chi connectivity index (χ4v) is 4.50. The number of ether oxygens (including phenoxy) is 1. The normalized spacial score (nSPS) is 12.1. The molecule has 0 fully saturated rings. The lowest BCUT2D eigenvalue weighted by molar-refractivity contribution is 0.0778. The molecule has 172 valence electrons. The summed E-state index contributed by atoms with van der Waals surface area (Å²) in [7, 11) is -8.05. The van der Waals surface area contributed by atoms with Gasteiger partial charge in [-0.2, -0.15) is 0 Å². The number of primary sulfonamides is 1. The number of nitrogens with one attached hydrogen (secondary N) is 3. The molecule has 31 heavy (non-hydrogen) atoms. The lowest BCUT2D eigenvalue weighted by Crippen LogP contribution is -2.26. The molecule has 0 aliphatic heterocycles. The van der Waals surface area contributed by atoms with Gasteiger partial charge < -0.3 is 15.4 Å². The largest absolute Gasteiger partial charge is 0.382 e. The molecule has 0 amide bonds. The maximum Gasteiger partial charge on any atom is 0.240 e. The standard InChI is InChI=1S/C19H29N5O5S2/c1-15(2)29-13-5-10-24-31(27,28)16-7-8-17(18(14-16)30(20,25)26)21-11-12-23-19-6-3-4-9-22-19/h3-4,6-9,14-15,21,24H,5,10-13H2,1-2H3,(H,22,23)(H2,20,25,26). The minimum atomic E-state index is -4.15. The van der Waals surface area contributed by atoms with Gasteiger partial charge in [0.1, 0.15) is 10.7 Å². The summed E-state index contributed by atoms with van der Waals surface area (Å²) in [6.45, 7) is 5.18. The summed E-state index contributed by atoms with van der Waals surface area (Å²) in [5.41, 5.74) is 0.217. The third-order valence-corrected chi connectivity index (χ3v) is 6.46. The number of anilines is 2. The van der Waals surface area contributed by atoms with Gasteiger partial charge in [-0.15, -0.1) is 0 Å². The highest BCUT2D eigenvalue weighted by Crippen LogP contribution is 2.24. The summed E-state index contributed by atoms with van der Waals surface area (Å²) < 4.78 is 56.9. The molecule has 0 bridgehead atoms. The molecule has 0 aliphatic rings. The van der Waals surface area contributed by atoms with E-state index in [-0.39, 0.29) is 28.1 Å². The van der Waals surface area contributed by atoms with E-state index in [1.54, 1.807) is 18.3 Å². The summed E-state index contributed by atoms with van der Waals surface area (Å²) in [4.78, 5) is 3.65. The third-order valence-electron chi connectivity index (χ3n) is 4.05. The molecule has 0 radical (unpaired) electrons. The Bertz CT molecular complexity index is 1040. The molecule has 1 heterocycles. The highest BCUT2D eigenvalue weighted by molar-refractivity contribution is 7.90. The fourth-order valence-electron chi connectivity index (χ4n) is 2.59. The Labute approximate surface area is 183 Å². The molecule has 2 rings (SSSR count). The summed E-state index contributed by atoms with van der Waals surface area (Å²) in [5, 5.41) is 11.3. The molecule has 10 nitrogen and oxygen atoms in total. The zero-order chi connectivity index (χ0) is 22.9. The van der Waals surface area contributed by atoms with Gasteiger partial charge in [0, 0.05) is 32.4 Å². The molecule has 0 saturated carbocycles. The summed E-state index contributed by atoms with van der Waals surface area (Å²) >= 11 is 0. The van der Waals surface area contributed by atoms with Crippen molar-refractivity contribution in [3.63, 3.8) is 0 Å². The number of hydrogen-bond acceptors (Lipinski definition) is 8. The second-order valence-electron chi connectivity index (χ2n) is 6.94. The van der Waals surface area contributed by atoms with Crippen molar-refractivity contribution in [2.24, 2.45) is 5.14 Å². The van der Waals surface area contributed by atoms with E-state index in [9.17, 15) is 16.8 Å². The van der Waals surface area contributed by atoms with Gasteiger partial charge in [0.2, 0.25) is 20.0 Å². The van der Waals surface area contributed by atoms with Crippen molar-refractivity contribution in [2.45, 2.75) is 36.2 Å². The maximum atomic E-state index is 12.5. The van der Waals surface area contributed by atoms with Crippen molar-refractivity contribution in [1.29, 1.82) is 0 Å². The summed E-state index contributed by atoms with van der Waals surface area (Å²) in [5.74, 6) is 0.683. The topological polar surface area (TPSA) is 153 Å². The number of hydrogen-bond donors (Lipinski definition) is 4. The van der Waals surface area contributed by atoms with Crippen molar-refractivity contribution >= 4 is 31.6 Å². The Balaban J connectivity index is 2.03. The van der Waals surface area contributed by atoms with Crippen LogP contribution in [0.5, 0.6) is 0 Å². The average Bonchev–Trinajstić information content (AvgIpc) is 2.70. The Hall–Kier alpha value is -2.25. The molecule has 0 atom stereocenters. The number of nitrogens with two attached hydrogens (primary N) is 1. The summed E-state index contributed by atoms with van der Waals surface area (Å²) in [6, 6.07) is 9.21. The first-order valence-corrected chi connectivity index (χ1v) is 12.8. The molecule has 0 saturated heterocycles. The van der Waals surface area contributed by atoms with Gasteiger partial charge in [-0.3, -0.25) is 0 Å². The van der Waals surface area contributed by atoms with Crippen LogP contribution in [-0.4, -0.2) is 54.2 Å². The molecule has 1 aromatic heterocycles. The van der Waals surface area contributed by atoms with Crippen LogP contribution in [-0.2, 0) is 24.8 Å². The van der Waals surface area contributed by atoms with Crippen molar-refractivity contribution in [2.75, 3.05) is 36.9 Å². The Morgan fingerprint density at radius 2 is 1.77 bits per heavy atom. The Morgan fingerprint density at radius 1 is 1.03 bits per heavy atom. The van der Waals surface area contributed by atoms with Gasteiger partial charge in [0.25, 0.3) is 0 Å². The van der Waals surface area contributed by atoms with E-state index in [0.29, 0.717) is 31.9 Å². The Morgan fingerprint density at radius 3 is 2.42 bits per heavy atom. The van der Waals surface area contributed by atoms with Crippen LogP contribution in [0.25, 0.3) is 0 Å². The smallest absolute Gasteiger partial charge is 0.240 e. The number of benzene rings is 1. The second-order valence-corrected chi connectivity index (χ2v) is 10.2. The zero-order valence-electron chi connectivity index (χ0n) is 17.5. The van der Waals surface area contributed by atoms with E-state index in [4.69, 9.17) is 9.88 Å². The molecule has 2 aromatic rings. The minimum absolute atomic E-state index is 0.0631. The summed E-state index contributed by atoms with van der Waals surface area (Å²) in [6.07, 6.45) is 2.20. The number of pyridine rings is 1. The predicted molar refractivity (Wildman–Crippen MR) is 120 cm³/mol. The third kappa shape index (κ3) is 8.42. The number of nitrogens with zero attached hydrogens (tertiary/aromatic N) is 1. The van der Waals surface area contributed by atoms with Crippen LogP contribution in [0.1, 0.15) is 20.3 Å². The van der Waals surface area contributed by atoms with Gasteiger partial charge in [0.05, 0.1) is 16.7 Å². The van der Waals surface area contributed by atoms with Crippen LogP contribution in [0.15, 0.2) is 52.4 Å². The predicted octanol–water partition coefficient (Wildman–Crippen LogP) is 1.35. The Kier molecular flexibility index (Phi) is 9.19. The maximum absolute atomic E-state index is 12.5. The van der Waals surface area contributed by atoms with Crippen molar-refractivity contribution in [3.05, 3.63) is 42.6 Å². The lowest BCUT2D eigenvalue weighted by atomic mass is 10.3. The molecule has 12 heteroatoms. The van der Waals surface area contributed by atoms with Gasteiger partial charge in [-0.1, -0.05) is 6.07 Å². The van der Waals surface area contributed by atoms with E-state index in [2.05, 4.69) is 20.3 Å². The molecule has 5 N–H and O–H groups in total. The minimum Gasteiger partial charge on any atom is -0.382 e. The number of sulfonamides is 2. The first-order valence-electron chi connectivity index (χ1n) is 9.76. The van der Waals surface area contributed by atoms with Gasteiger partial charge in [-0.25, -0.2) is 31.7 Å². The molecule has 0 spiro atoms. The molecular formula is C19H29N5O5S2. The number of rotatable bonds is 13. The van der Waals surface area contributed by atoms with Gasteiger partial charge in [-0.05, 0) is 50.6 Å². The van der Waals surface area contributed by atoms with E-state index in [1.807, 2.05) is 19.9 Å². The number of aromatic nitrogens is 1. The van der Waals surface area contributed by atoms with Gasteiger partial charge in [0.15, 0.2) is 0 Å². The van der Waals surface area contributed by atoms with E-state index < -0.39 is 20.0 Å². The van der Waals surface area contributed by atoms with Crippen LogP contribution in [0.4, 0.5) is 11.5 Å². The molecule has 0 unspecified atom stereocenters. The fraction of sp³-hybridized carbons (Fsp3) is 0.421. The molecular weight excluding hydrogens is 442 g/mol. The van der Waals surface area contributed by atoms with Crippen LogP contribution in [0.2, 0.25) is 0 Å². The van der Waals surface area contributed by atoms with E-state index in [0.717, 1.165) is 6.07 Å². The van der Waals surface area contributed by atoms with Crippen molar-refractivity contribution in [1.82, 2.24) is 9.71 Å².